The molecule has 0 saturated heterocycles. The van der Waals surface area contributed by atoms with Crippen molar-refractivity contribution in [1.82, 2.24) is 39.0 Å². The van der Waals surface area contributed by atoms with Crippen LogP contribution in [-0.4, -0.2) is 39.0 Å². The van der Waals surface area contributed by atoms with E-state index in [-0.39, 0.29) is 0 Å². The van der Waals surface area contributed by atoms with Crippen molar-refractivity contribution in [1.29, 1.82) is 0 Å². The van der Waals surface area contributed by atoms with E-state index in [1.165, 1.54) is 27.3 Å². The Morgan fingerprint density at radius 2 is 0.455 bits per heavy atom. The minimum atomic E-state index is 0.614. The molecule has 0 unspecified atom stereocenters. The average molecular weight is 1430 g/mol. The second-order valence-electron chi connectivity index (χ2n) is 28.1. The number of fused-ring (bicyclic) bond motifs is 12. The van der Waals surface area contributed by atoms with E-state index in [0.717, 1.165) is 149 Å². The van der Waals surface area contributed by atoms with E-state index < -0.39 is 0 Å². The minimum absolute atomic E-state index is 0.614. The number of furan rings is 2. The molecule has 0 radical (unpaired) electrons. The van der Waals surface area contributed by atoms with Crippen LogP contribution in [0, 0.1) is 0 Å². The maximum atomic E-state index is 6.50. The molecule has 22 aromatic rings. The molecule has 0 aliphatic carbocycles. The summed E-state index contributed by atoms with van der Waals surface area (Å²) >= 11 is 0. The lowest BCUT2D eigenvalue weighted by molar-refractivity contribution is 0.669. The van der Waals surface area contributed by atoms with Gasteiger partial charge >= 0.3 is 0 Å². The van der Waals surface area contributed by atoms with E-state index in [0.29, 0.717) is 34.9 Å². The van der Waals surface area contributed by atoms with Crippen LogP contribution in [0.2, 0.25) is 0 Å². The molecule has 0 fully saturated rings. The van der Waals surface area contributed by atoms with Crippen LogP contribution in [-0.2, 0) is 0 Å². The maximum Gasteiger partial charge on any atom is 0.164 e. The fourth-order valence-corrected chi connectivity index (χ4v) is 16.0. The van der Waals surface area contributed by atoms with Crippen molar-refractivity contribution in [2.45, 2.75) is 0 Å². The van der Waals surface area contributed by atoms with E-state index in [1.54, 1.807) is 0 Å². The van der Waals surface area contributed by atoms with Gasteiger partial charge in [0.2, 0.25) is 0 Å². The first-order valence-electron chi connectivity index (χ1n) is 37.5. The second-order valence-corrected chi connectivity index (χ2v) is 28.1. The van der Waals surface area contributed by atoms with Crippen LogP contribution >= 0.6 is 0 Å². The van der Waals surface area contributed by atoms with Crippen LogP contribution in [0.1, 0.15) is 0 Å². The van der Waals surface area contributed by atoms with Gasteiger partial charge in [0.1, 0.15) is 22.3 Å². The van der Waals surface area contributed by atoms with Crippen LogP contribution in [0.5, 0.6) is 0 Å². The predicted octanol–water partition coefficient (Wildman–Crippen LogP) is 26.4. The van der Waals surface area contributed by atoms with Crippen LogP contribution in [0.3, 0.4) is 0 Å². The van der Waals surface area contributed by atoms with Crippen molar-refractivity contribution in [3.8, 4) is 124 Å². The zero-order valence-electron chi connectivity index (χ0n) is 60.3. The van der Waals surface area contributed by atoms with Gasteiger partial charge in [-0.1, -0.05) is 303 Å². The molecule has 0 aliphatic heterocycles. The molecule has 0 amide bonds. The summed E-state index contributed by atoms with van der Waals surface area (Å²) in [4.78, 5) is 30.2. The molecule has 0 bridgehead atoms. The highest BCUT2D eigenvalue weighted by molar-refractivity contribution is 6.16. The summed E-state index contributed by atoms with van der Waals surface area (Å²) in [7, 11) is 0. The largest absolute Gasteiger partial charge is 0.455 e. The van der Waals surface area contributed by atoms with Crippen molar-refractivity contribution in [2.24, 2.45) is 0 Å². The summed E-state index contributed by atoms with van der Waals surface area (Å²) in [6.07, 6.45) is 0. The molecule has 6 heterocycles. The molecule has 0 atom stereocenters. The van der Waals surface area contributed by atoms with Crippen molar-refractivity contribution in [3.05, 3.63) is 388 Å². The lowest BCUT2D eigenvalue weighted by Crippen LogP contribution is -2.01. The smallest absolute Gasteiger partial charge is 0.164 e. The highest BCUT2D eigenvalue weighted by Crippen LogP contribution is 2.44. The summed E-state index contributed by atoms with van der Waals surface area (Å²) < 4.78 is 17.6. The molecule has 10 heteroatoms. The Morgan fingerprint density at radius 1 is 0.170 bits per heavy atom. The highest BCUT2D eigenvalue weighted by Gasteiger charge is 2.23. The van der Waals surface area contributed by atoms with Crippen LogP contribution in [0.4, 0.5) is 0 Å². The summed E-state index contributed by atoms with van der Waals surface area (Å²) in [5, 5.41) is 9.17. The molecule has 10 nitrogen and oxygen atoms in total. The number of aromatic nitrogens is 8. The van der Waals surface area contributed by atoms with E-state index in [2.05, 4.69) is 276 Å². The van der Waals surface area contributed by atoms with E-state index in [1.807, 2.05) is 121 Å². The van der Waals surface area contributed by atoms with Gasteiger partial charge in [-0.3, -0.25) is 0 Å². The third-order valence-corrected chi connectivity index (χ3v) is 21.3. The lowest BCUT2D eigenvalue weighted by Gasteiger charge is -2.12. The standard InChI is InChI=1S/2C51H32N4O/c1-4-14-33(15-5-1)36-26-28-45-43(31-36)44-32-37(40-23-13-24-42-41-22-10-11-25-47(41)56-48(40)42)27-29-46(44)55(45)39-21-12-20-38(30-39)51-53-49(34-16-6-2-7-17-34)52-50(54-51)35-18-8-3-9-19-35;1-3-14-33(15-4-1)35-18-11-19-37(30-35)50-52-49(34-16-5-2-6-17-34)53-51(54-50)38-20-12-21-39(31-38)55-45-26-9-7-22-41(45)44-32-36(28-29-46(44)55)40-24-13-25-43-42-23-8-10-27-47(42)56-48(40)43/h2*1-32H. The van der Waals surface area contributed by atoms with E-state index >= 15 is 0 Å². The fourth-order valence-electron chi connectivity index (χ4n) is 16.0. The lowest BCUT2D eigenvalue weighted by atomic mass is 9.99. The SMILES string of the molecule is c1ccc(-c2ccc3c(c2)c2cc(-c4cccc5c4oc4ccccc45)ccc2n3-c2cccc(-c3nc(-c4ccccc4)nc(-c4ccccc4)n3)c2)cc1.c1ccc(-c2cccc(-c3nc(-c4ccccc4)nc(-c4cccc(-n5c6ccccc6c6cc(-c7cccc8c7oc7ccccc78)ccc65)c4)n3)c2)cc1. The highest BCUT2D eigenvalue weighted by atomic mass is 16.3. The molecular weight excluding hydrogens is 1370 g/mol. The second kappa shape index (κ2) is 27.5. The summed E-state index contributed by atoms with van der Waals surface area (Å²) in [5.41, 5.74) is 24.6. The number of hydrogen-bond acceptors (Lipinski definition) is 8. The van der Waals surface area contributed by atoms with Crippen LogP contribution < -0.4 is 0 Å². The van der Waals surface area contributed by atoms with Gasteiger partial charge in [-0.15, -0.1) is 0 Å². The molecule has 22 rings (SSSR count). The van der Waals surface area contributed by atoms with Gasteiger partial charge in [-0.05, 0) is 118 Å². The Hall–Kier alpha value is -15.3. The molecule has 112 heavy (non-hydrogen) atoms. The molecule has 16 aromatic carbocycles. The number of hydrogen-bond donors (Lipinski definition) is 0. The normalized spacial score (nSPS) is 11.6. The molecule has 6 aromatic heterocycles. The fraction of sp³-hybridized carbons (Fsp3) is 0. The molecule has 0 aliphatic rings. The van der Waals surface area contributed by atoms with Crippen LogP contribution in [0.15, 0.2) is 397 Å². The molecule has 0 N–H and O–H groups in total. The van der Waals surface area contributed by atoms with Gasteiger partial charge in [0, 0.05) is 99.0 Å². The first kappa shape index (κ1) is 65.1. The molecule has 0 saturated carbocycles. The molecule has 0 spiro atoms. The van der Waals surface area contributed by atoms with Crippen molar-refractivity contribution < 1.29 is 8.83 Å². The number of rotatable bonds is 12. The molecular formula is C102H64N8O2. The number of para-hydroxylation sites is 5. The Bertz CT molecular complexity index is 7320. The van der Waals surface area contributed by atoms with Gasteiger partial charge in [-0.2, -0.15) is 0 Å². The van der Waals surface area contributed by atoms with Crippen LogP contribution in [0.25, 0.3) is 212 Å². The average Bonchev–Trinajstić information content (AvgIpc) is 1.59. The monoisotopic (exact) mass is 1430 g/mol. The summed E-state index contributed by atoms with van der Waals surface area (Å²) in [5.74, 6) is 3.76. The molecule has 524 valence electrons. The predicted molar refractivity (Wildman–Crippen MR) is 457 cm³/mol. The van der Waals surface area contributed by atoms with Gasteiger partial charge in [0.05, 0.1) is 22.1 Å². The zero-order valence-corrected chi connectivity index (χ0v) is 60.3. The first-order chi connectivity index (χ1) is 55.5. The van der Waals surface area contributed by atoms with Gasteiger partial charge in [0.25, 0.3) is 0 Å². The number of nitrogens with zero attached hydrogens (tertiary/aromatic N) is 8. The Balaban J connectivity index is 0.000000141. The summed E-state index contributed by atoms with van der Waals surface area (Å²) in [6, 6.07) is 135. The van der Waals surface area contributed by atoms with Gasteiger partial charge in [0.15, 0.2) is 34.9 Å². The van der Waals surface area contributed by atoms with E-state index in [9.17, 15) is 0 Å². The van der Waals surface area contributed by atoms with Crippen molar-refractivity contribution in [3.63, 3.8) is 0 Å². The summed E-state index contributed by atoms with van der Waals surface area (Å²) in [6.45, 7) is 0. The Kier molecular flexibility index (Phi) is 16.0. The maximum absolute atomic E-state index is 6.50. The van der Waals surface area contributed by atoms with Gasteiger partial charge in [-0.25, -0.2) is 29.9 Å². The third kappa shape index (κ3) is 11.7. The van der Waals surface area contributed by atoms with E-state index in [4.69, 9.17) is 38.7 Å². The third-order valence-electron chi connectivity index (χ3n) is 21.3. The Labute approximate surface area is 643 Å². The van der Waals surface area contributed by atoms with Crippen molar-refractivity contribution in [2.75, 3.05) is 0 Å². The number of benzene rings is 16. The first-order valence-corrected chi connectivity index (χ1v) is 37.5. The Morgan fingerprint density at radius 3 is 0.893 bits per heavy atom. The zero-order chi connectivity index (χ0) is 74.0. The minimum Gasteiger partial charge on any atom is -0.455 e. The topological polar surface area (TPSA) is 113 Å². The quantitative estimate of drug-likeness (QED) is 0.119. The van der Waals surface area contributed by atoms with Gasteiger partial charge < -0.3 is 18.0 Å². The van der Waals surface area contributed by atoms with Crippen molar-refractivity contribution >= 4 is 87.5 Å².